The highest BCUT2D eigenvalue weighted by atomic mass is 16.5. The molecule has 1 fully saturated rings. The van der Waals surface area contributed by atoms with Crippen molar-refractivity contribution in [2.45, 2.75) is 71.0 Å². The predicted octanol–water partition coefficient (Wildman–Crippen LogP) is 3.13. The highest BCUT2D eigenvalue weighted by Gasteiger charge is 2.28. The zero-order chi connectivity index (χ0) is 11.3. The van der Waals surface area contributed by atoms with E-state index in [1.807, 2.05) is 0 Å². The minimum atomic E-state index is -0.460. The van der Waals surface area contributed by atoms with Gasteiger partial charge in [0.15, 0.2) is 0 Å². The van der Waals surface area contributed by atoms with Gasteiger partial charge in [-0.15, -0.1) is 0 Å². The van der Waals surface area contributed by atoms with E-state index < -0.39 is 5.60 Å². The number of hydrogen-bond donors (Lipinski definition) is 1. The van der Waals surface area contributed by atoms with Crippen molar-refractivity contribution in [2.24, 2.45) is 5.92 Å². The molecule has 2 nitrogen and oxygen atoms in total. The zero-order valence-corrected chi connectivity index (χ0v) is 10.5. The molecule has 0 amide bonds. The van der Waals surface area contributed by atoms with Crippen LogP contribution in [0.1, 0.15) is 59.3 Å². The van der Waals surface area contributed by atoms with E-state index in [-0.39, 0.29) is 0 Å². The average Bonchev–Trinajstić information content (AvgIpc) is 2.70. The zero-order valence-electron chi connectivity index (χ0n) is 10.5. The van der Waals surface area contributed by atoms with Gasteiger partial charge in [0.25, 0.3) is 0 Å². The van der Waals surface area contributed by atoms with Gasteiger partial charge in [0.2, 0.25) is 0 Å². The van der Waals surface area contributed by atoms with Crippen molar-refractivity contribution in [2.75, 3.05) is 6.61 Å². The van der Waals surface area contributed by atoms with E-state index in [0.29, 0.717) is 12.0 Å². The summed E-state index contributed by atoms with van der Waals surface area (Å²) in [5.41, 5.74) is -0.460. The van der Waals surface area contributed by atoms with E-state index in [4.69, 9.17) is 4.74 Å². The van der Waals surface area contributed by atoms with Crippen molar-refractivity contribution in [3.8, 4) is 0 Å². The molecule has 0 aromatic rings. The van der Waals surface area contributed by atoms with Crippen LogP contribution in [0.25, 0.3) is 0 Å². The summed E-state index contributed by atoms with van der Waals surface area (Å²) in [4.78, 5) is 0. The summed E-state index contributed by atoms with van der Waals surface area (Å²) in [6.07, 6.45) is 6.89. The minimum Gasteiger partial charge on any atom is -0.390 e. The lowest BCUT2D eigenvalue weighted by molar-refractivity contribution is -0.0215. The van der Waals surface area contributed by atoms with Crippen LogP contribution in [0.2, 0.25) is 0 Å². The van der Waals surface area contributed by atoms with E-state index in [1.165, 1.54) is 12.8 Å². The summed E-state index contributed by atoms with van der Waals surface area (Å²) in [6, 6.07) is 0. The molecule has 2 unspecified atom stereocenters. The van der Waals surface area contributed by atoms with Crippen molar-refractivity contribution in [1.82, 2.24) is 0 Å². The van der Waals surface area contributed by atoms with E-state index in [9.17, 15) is 5.11 Å². The quantitative estimate of drug-likeness (QED) is 0.736. The molecular weight excluding hydrogens is 188 g/mol. The van der Waals surface area contributed by atoms with Crippen molar-refractivity contribution in [3.63, 3.8) is 0 Å². The number of rotatable bonds is 6. The van der Waals surface area contributed by atoms with Gasteiger partial charge in [0.05, 0.1) is 11.7 Å². The summed E-state index contributed by atoms with van der Waals surface area (Å²) in [7, 11) is 0. The molecule has 0 spiro atoms. The van der Waals surface area contributed by atoms with Gasteiger partial charge in [-0.3, -0.25) is 0 Å². The first-order chi connectivity index (χ1) is 7.08. The molecule has 15 heavy (non-hydrogen) atoms. The third-order valence-corrected chi connectivity index (χ3v) is 3.85. The summed E-state index contributed by atoms with van der Waals surface area (Å²) in [5, 5.41) is 10.3. The van der Waals surface area contributed by atoms with Gasteiger partial charge in [-0.05, 0) is 44.4 Å². The second-order valence-electron chi connectivity index (χ2n) is 5.14. The van der Waals surface area contributed by atoms with Crippen molar-refractivity contribution >= 4 is 0 Å². The van der Waals surface area contributed by atoms with Gasteiger partial charge < -0.3 is 9.84 Å². The van der Waals surface area contributed by atoms with E-state index in [2.05, 4.69) is 20.8 Å². The third-order valence-electron chi connectivity index (χ3n) is 3.85. The molecule has 1 N–H and O–H groups in total. The number of aliphatic hydroxyl groups is 1. The minimum absolute atomic E-state index is 0.354. The van der Waals surface area contributed by atoms with Crippen LogP contribution in [0.15, 0.2) is 0 Å². The molecule has 0 radical (unpaired) electrons. The lowest BCUT2D eigenvalue weighted by Gasteiger charge is -2.31. The largest absolute Gasteiger partial charge is 0.390 e. The Bertz CT molecular complexity index is 173. The fourth-order valence-electron chi connectivity index (χ4n) is 2.38. The normalized spacial score (nSPS) is 25.8. The van der Waals surface area contributed by atoms with Crippen LogP contribution < -0.4 is 0 Å². The van der Waals surface area contributed by atoms with Crippen molar-refractivity contribution < 1.29 is 9.84 Å². The number of ether oxygens (including phenoxy) is 1. The van der Waals surface area contributed by atoms with Crippen LogP contribution in [-0.2, 0) is 4.74 Å². The molecule has 0 bridgehead atoms. The average molecular weight is 214 g/mol. The van der Waals surface area contributed by atoms with Crippen LogP contribution in [-0.4, -0.2) is 23.4 Å². The van der Waals surface area contributed by atoms with Crippen LogP contribution in [0.5, 0.6) is 0 Å². The molecule has 0 aliphatic carbocycles. The molecule has 1 aliphatic heterocycles. The van der Waals surface area contributed by atoms with Gasteiger partial charge in [0.1, 0.15) is 0 Å². The Morgan fingerprint density at radius 3 is 2.67 bits per heavy atom. The van der Waals surface area contributed by atoms with Gasteiger partial charge in [-0.1, -0.05) is 20.8 Å². The van der Waals surface area contributed by atoms with Crippen LogP contribution in [0, 0.1) is 5.92 Å². The Hall–Kier alpha value is -0.0800. The lowest BCUT2D eigenvalue weighted by atomic mass is 9.83. The maximum atomic E-state index is 10.3. The molecular formula is C13H26O2. The first-order valence-electron chi connectivity index (χ1n) is 6.42. The fraction of sp³-hybridized carbons (Fsp3) is 1.00. The first-order valence-corrected chi connectivity index (χ1v) is 6.42. The second kappa shape index (κ2) is 5.86. The maximum Gasteiger partial charge on any atom is 0.0668 e. The SMILES string of the molecule is CCC(O)(CCCC1CCCO1)C(C)C. The Morgan fingerprint density at radius 2 is 2.20 bits per heavy atom. The Morgan fingerprint density at radius 1 is 1.47 bits per heavy atom. The molecule has 0 saturated carbocycles. The monoisotopic (exact) mass is 214 g/mol. The third kappa shape index (κ3) is 3.76. The predicted molar refractivity (Wildman–Crippen MR) is 62.9 cm³/mol. The van der Waals surface area contributed by atoms with Gasteiger partial charge in [-0.25, -0.2) is 0 Å². The summed E-state index contributed by atoms with van der Waals surface area (Å²) >= 11 is 0. The summed E-state index contributed by atoms with van der Waals surface area (Å²) < 4.78 is 5.58. The highest BCUT2D eigenvalue weighted by molar-refractivity contribution is 4.80. The Kier molecular flexibility index (Phi) is 5.07. The molecule has 1 saturated heterocycles. The number of hydrogen-bond acceptors (Lipinski definition) is 2. The summed E-state index contributed by atoms with van der Waals surface area (Å²) in [5.74, 6) is 0.354. The van der Waals surface area contributed by atoms with Crippen LogP contribution >= 0.6 is 0 Å². The fourth-order valence-corrected chi connectivity index (χ4v) is 2.38. The highest BCUT2D eigenvalue weighted by Crippen LogP contribution is 2.28. The Labute approximate surface area is 94.0 Å². The summed E-state index contributed by atoms with van der Waals surface area (Å²) in [6.45, 7) is 7.23. The molecule has 2 atom stereocenters. The first kappa shape index (κ1) is 13.0. The molecule has 1 rings (SSSR count). The standard InChI is InChI=1S/C13H26O2/c1-4-13(14,11(2)3)9-5-7-12-8-6-10-15-12/h11-12,14H,4-10H2,1-3H3. The molecule has 2 heteroatoms. The van der Waals surface area contributed by atoms with Crippen LogP contribution in [0.3, 0.4) is 0 Å². The second-order valence-corrected chi connectivity index (χ2v) is 5.14. The maximum absolute atomic E-state index is 10.3. The molecule has 90 valence electrons. The van der Waals surface area contributed by atoms with Crippen LogP contribution in [0.4, 0.5) is 0 Å². The topological polar surface area (TPSA) is 29.5 Å². The van der Waals surface area contributed by atoms with Gasteiger partial charge in [0, 0.05) is 6.61 Å². The molecule has 0 aromatic carbocycles. The van der Waals surface area contributed by atoms with E-state index in [0.717, 1.165) is 32.3 Å². The van der Waals surface area contributed by atoms with E-state index >= 15 is 0 Å². The van der Waals surface area contributed by atoms with Crippen molar-refractivity contribution in [3.05, 3.63) is 0 Å². The molecule has 1 heterocycles. The smallest absolute Gasteiger partial charge is 0.0668 e. The Balaban J connectivity index is 2.22. The molecule has 1 aliphatic rings. The molecule has 0 aromatic heterocycles. The van der Waals surface area contributed by atoms with E-state index in [1.54, 1.807) is 0 Å². The van der Waals surface area contributed by atoms with Crippen molar-refractivity contribution in [1.29, 1.82) is 0 Å². The van der Waals surface area contributed by atoms with Gasteiger partial charge >= 0.3 is 0 Å². The van der Waals surface area contributed by atoms with Gasteiger partial charge in [-0.2, -0.15) is 0 Å². The lowest BCUT2D eigenvalue weighted by Crippen LogP contribution is -2.34.